The molecule has 15 aromatic carbocycles. The number of para-hydroxylation sites is 7. The van der Waals surface area contributed by atoms with Crippen molar-refractivity contribution in [2.75, 3.05) is 0 Å². The maximum absolute atomic E-state index is 5.70. The van der Waals surface area contributed by atoms with E-state index in [2.05, 4.69) is 381 Å². The highest BCUT2D eigenvalue weighted by atomic mass is 15.2. The molecule has 6 aromatic heterocycles. The van der Waals surface area contributed by atoms with Gasteiger partial charge in [0, 0.05) is 87.7 Å². The summed E-state index contributed by atoms with van der Waals surface area (Å²) in [6.07, 6.45) is 0. The molecule has 0 atom stereocenters. The maximum Gasteiger partial charge on any atom is 0.235 e. The van der Waals surface area contributed by atoms with Gasteiger partial charge in [-0.3, -0.25) is 4.57 Å². The molecule has 0 saturated carbocycles. The standard InChI is InChI=1S/C94H59N7/c1-5-22-60(23-6-1)82-59-83(67-24-21-31-71(52-67)100-87-39-20-16-35-75(87)79-56-62(43-49-91(79)100)61-40-46-88-76(53-61)72-32-13-17-36-84(72)97(88)68-25-7-2-8-26-68)96-94(95-82)101-92-50-44-65(63-41-47-89-77(54-63)73-33-14-18-37-85(73)98(89)69-27-9-3-10-28-69)57-80(92)81-58-66(45-51-93(81)101)64-42-48-90-78(55-64)74-34-15-19-38-86(74)99(90)70-29-11-4-12-30-70/h1-59H. The molecule has 0 amide bonds. The lowest BCUT2D eigenvalue weighted by atomic mass is 9.98. The van der Waals surface area contributed by atoms with Gasteiger partial charge in [-0.15, -0.1) is 0 Å². The molecule has 0 fully saturated rings. The van der Waals surface area contributed by atoms with E-state index in [4.69, 9.17) is 9.97 Å². The van der Waals surface area contributed by atoms with Gasteiger partial charge in [-0.05, 0) is 185 Å². The molecule has 7 heteroatoms. The number of benzene rings is 15. The van der Waals surface area contributed by atoms with Gasteiger partial charge in [-0.1, -0.05) is 206 Å². The molecular weight excluding hydrogens is 1230 g/mol. The normalized spacial score (nSPS) is 12.0. The molecule has 0 aliphatic heterocycles. The molecule has 101 heavy (non-hydrogen) atoms. The summed E-state index contributed by atoms with van der Waals surface area (Å²) in [6.45, 7) is 0. The Hall–Kier alpha value is -13.6. The van der Waals surface area contributed by atoms with Crippen molar-refractivity contribution in [1.29, 1.82) is 0 Å². The highest BCUT2D eigenvalue weighted by Crippen LogP contribution is 2.44. The first-order valence-corrected chi connectivity index (χ1v) is 34.5. The molecule has 7 nitrogen and oxygen atoms in total. The zero-order chi connectivity index (χ0) is 66.2. The Morgan fingerprint density at radius 3 is 0.743 bits per heavy atom. The van der Waals surface area contributed by atoms with Gasteiger partial charge in [0.15, 0.2) is 0 Å². The van der Waals surface area contributed by atoms with Crippen LogP contribution in [0.3, 0.4) is 0 Å². The predicted molar refractivity (Wildman–Crippen MR) is 421 cm³/mol. The molecule has 0 spiro atoms. The highest BCUT2D eigenvalue weighted by Gasteiger charge is 2.23. The van der Waals surface area contributed by atoms with Crippen LogP contribution in [0.4, 0.5) is 0 Å². The minimum atomic E-state index is 0.588. The third-order valence-corrected chi connectivity index (χ3v) is 20.9. The van der Waals surface area contributed by atoms with Crippen LogP contribution in [0.5, 0.6) is 0 Å². The van der Waals surface area contributed by atoms with Crippen molar-refractivity contribution in [3.8, 4) is 84.6 Å². The second-order valence-corrected chi connectivity index (χ2v) is 26.5. The average Bonchev–Trinajstić information content (AvgIpc) is 1.61. The molecule has 0 aliphatic carbocycles. The molecule has 0 radical (unpaired) electrons. The van der Waals surface area contributed by atoms with Gasteiger partial charge in [0.2, 0.25) is 5.95 Å². The summed E-state index contributed by atoms with van der Waals surface area (Å²) in [5.74, 6) is 0.588. The Morgan fingerprint density at radius 2 is 0.396 bits per heavy atom. The molecule has 0 unspecified atom stereocenters. The molecule has 6 heterocycles. The first kappa shape index (κ1) is 56.5. The SMILES string of the molecule is c1ccc(-c2cc(-c3cccc(-n4c5ccccc5c5cc(-c6ccc7c(c6)c6ccccc6n7-c6ccccc6)ccc54)c3)nc(-n3c4ccc(-c5ccc6c(c5)c5ccccc5n6-c5ccccc5)cc4c4cc(-c5ccc6c(c5)c5ccccc5n6-c5ccccc5)ccc43)n2)cc1. The largest absolute Gasteiger partial charge is 0.309 e. The topological polar surface area (TPSA) is 50.4 Å². The second-order valence-electron chi connectivity index (χ2n) is 26.5. The van der Waals surface area contributed by atoms with Crippen LogP contribution < -0.4 is 0 Å². The summed E-state index contributed by atoms with van der Waals surface area (Å²) in [5, 5.41) is 11.9. The Kier molecular flexibility index (Phi) is 12.6. The Balaban J connectivity index is 0.727. The summed E-state index contributed by atoms with van der Waals surface area (Å²) < 4.78 is 11.8. The van der Waals surface area contributed by atoms with E-state index in [9.17, 15) is 0 Å². The van der Waals surface area contributed by atoms with E-state index in [1.54, 1.807) is 0 Å². The Labute approximate surface area is 580 Å². The Morgan fingerprint density at radius 1 is 0.149 bits per heavy atom. The molecule has 21 rings (SSSR count). The summed E-state index contributed by atoms with van der Waals surface area (Å²) in [5.41, 5.74) is 26.3. The zero-order valence-electron chi connectivity index (χ0n) is 54.7. The molecule has 0 N–H and O–H groups in total. The number of aromatic nitrogens is 7. The first-order chi connectivity index (χ1) is 50.1. The molecular formula is C94H59N7. The minimum absolute atomic E-state index is 0.588. The van der Waals surface area contributed by atoms with Crippen molar-refractivity contribution in [2.45, 2.75) is 0 Å². The van der Waals surface area contributed by atoms with Gasteiger partial charge in [0.05, 0.1) is 66.6 Å². The zero-order valence-corrected chi connectivity index (χ0v) is 54.7. The summed E-state index contributed by atoms with van der Waals surface area (Å²) in [4.78, 5) is 11.3. The van der Waals surface area contributed by atoms with Crippen LogP contribution >= 0.6 is 0 Å². The van der Waals surface area contributed by atoms with Crippen LogP contribution in [-0.2, 0) is 0 Å². The van der Waals surface area contributed by atoms with Crippen molar-refractivity contribution in [2.24, 2.45) is 0 Å². The summed E-state index contributed by atoms with van der Waals surface area (Å²) in [6, 6.07) is 130. The first-order valence-electron chi connectivity index (χ1n) is 34.5. The van der Waals surface area contributed by atoms with Gasteiger partial charge in [-0.25, -0.2) is 9.97 Å². The van der Waals surface area contributed by atoms with Gasteiger partial charge < -0.3 is 18.3 Å². The predicted octanol–water partition coefficient (Wildman–Crippen LogP) is 24.3. The summed E-state index contributed by atoms with van der Waals surface area (Å²) >= 11 is 0. The lowest BCUT2D eigenvalue weighted by Crippen LogP contribution is -2.04. The number of rotatable bonds is 10. The van der Waals surface area contributed by atoms with Crippen LogP contribution in [-0.4, -0.2) is 32.8 Å². The maximum atomic E-state index is 5.70. The molecule has 21 aromatic rings. The van der Waals surface area contributed by atoms with E-state index >= 15 is 0 Å². The molecule has 470 valence electrons. The molecule has 0 bridgehead atoms. The number of fused-ring (bicyclic) bond motifs is 15. The van der Waals surface area contributed by atoms with E-state index < -0.39 is 0 Å². The number of nitrogens with zero attached hydrogens (tertiary/aromatic N) is 7. The van der Waals surface area contributed by atoms with Crippen LogP contribution in [0.25, 0.3) is 194 Å². The summed E-state index contributed by atoms with van der Waals surface area (Å²) in [7, 11) is 0. The van der Waals surface area contributed by atoms with Gasteiger partial charge in [0.1, 0.15) is 0 Å². The lowest BCUT2D eigenvalue weighted by Gasteiger charge is -2.14. The quantitative estimate of drug-likeness (QED) is 0.137. The van der Waals surface area contributed by atoms with Crippen LogP contribution in [0.1, 0.15) is 0 Å². The van der Waals surface area contributed by atoms with E-state index in [0.29, 0.717) is 5.95 Å². The van der Waals surface area contributed by atoms with E-state index in [1.165, 1.54) is 87.3 Å². The fourth-order valence-electron chi connectivity index (χ4n) is 16.3. The highest BCUT2D eigenvalue weighted by molar-refractivity contribution is 6.16. The van der Waals surface area contributed by atoms with Gasteiger partial charge in [0.25, 0.3) is 0 Å². The number of hydrogen-bond acceptors (Lipinski definition) is 2. The smallest absolute Gasteiger partial charge is 0.235 e. The van der Waals surface area contributed by atoms with Crippen molar-refractivity contribution in [3.05, 3.63) is 358 Å². The fraction of sp³-hybridized carbons (Fsp3) is 0. The second kappa shape index (κ2) is 22.5. The Bertz CT molecular complexity index is 6710. The number of hydrogen-bond donors (Lipinski definition) is 0. The van der Waals surface area contributed by atoms with E-state index in [1.807, 2.05) is 0 Å². The van der Waals surface area contributed by atoms with Gasteiger partial charge in [-0.2, -0.15) is 0 Å². The van der Waals surface area contributed by atoms with Crippen LogP contribution in [0.15, 0.2) is 358 Å². The van der Waals surface area contributed by atoms with Gasteiger partial charge >= 0.3 is 0 Å². The van der Waals surface area contributed by atoms with Crippen molar-refractivity contribution in [1.82, 2.24) is 32.8 Å². The molecule has 0 saturated heterocycles. The van der Waals surface area contributed by atoms with Crippen molar-refractivity contribution >= 4 is 109 Å². The van der Waals surface area contributed by atoms with E-state index in [-0.39, 0.29) is 0 Å². The minimum Gasteiger partial charge on any atom is -0.309 e. The van der Waals surface area contributed by atoms with Crippen molar-refractivity contribution < 1.29 is 0 Å². The third kappa shape index (κ3) is 8.93. The third-order valence-electron chi connectivity index (χ3n) is 20.9. The van der Waals surface area contributed by atoms with Crippen molar-refractivity contribution in [3.63, 3.8) is 0 Å². The average molecular weight is 1290 g/mol. The van der Waals surface area contributed by atoms with Crippen LogP contribution in [0.2, 0.25) is 0 Å². The van der Waals surface area contributed by atoms with Crippen LogP contribution in [0, 0.1) is 0 Å². The monoisotopic (exact) mass is 1290 g/mol. The van der Waals surface area contributed by atoms with E-state index in [0.717, 1.165) is 100 Å². The fourth-order valence-corrected chi connectivity index (χ4v) is 16.3. The lowest BCUT2D eigenvalue weighted by molar-refractivity contribution is 0.995. The molecule has 0 aliphatic rings.